The average Bonchev–Trinajstić information content (AvgIpc) is 1.88. The molecule has 1 radical (unpaired) electrons. The minimum absolute atomic E-state index is 0.555. The fourth-order valence-corrected chi connectivity index (χ4v) is 1.01. The Hall–Kier alpha value is -0.340. The summed E-state index contributed by atoms with van der Waals surface area (Å²) in [6.45, 7) is 0.555. The largest absolute Gasteiger partial charge is 0.326 e. The Labute approximate surface area is 63.0 Å². The van der Waals surface area contributed by atoms with Crippen LogP contribution in [0.15, 0.2) is 22.7 Å². The minimum Gasteiger partial charge on any atom is -0.326 e. The van der Waals surface area contributed by atoms with Crippen molar-refractivity contribution < 1.29 is 0 Å². The summed E-state index contributed by atoms with van der Waals surface area (Å²) in [4.78, 5) is 0. The van der Waals surface area contributed by atoms with E-state index in [2.05, 4.69) is 22.0 Å². The molecule has 1 nitrogen and oxygen atoms in total. The third-order valence-corrected chi connectivity index (χ3v) is 1.50. The van der Waals surface area contributed by atoms with Gasteiger partial charge in [-0.2, -0.15) is 0 Å². The summed E-state index contributed by atoms with van der Waals surface area (Å²) in [6, 6.07) is 8.87. The van der Waals surface area contributed by atoms with E-state index in [1.54, 1.807) is 0 Å². The summed E-state index contributed by atoms with van der Waals surface area (Å²) in [5, 5.41) is 0. The van der Waals surface area contributed by atoms with Crippen LogP contribution >= 0.6 is 15.9 Å². The SMILES string of the molecule is NCc1[c]c(Br)ccc1. The van der Waals surface area contributed by atoms with Crippen LogP contribution in [0.5, 0.6) is 0 Å². The highest BCUT2D eigenvalue weighted by atomic mass is 79.9. The summed E-state index contributed by atoms with van der Waals surface area (Å²) >= 11 is 3.29. The summed E-state index contributed by atoms with van der Waals surface area (Å²) < 4.78 is 0.963. The van der Waals surface area contributed by atoms with Gasteiger partial charge in [0.25, 0.3) is 0 Å². The fourth-order valence-electron chi connectivity index (χ4n) is 0.605. The van der Waals surface area contributed by atoms with Gasteiger partial charge in [-0.3, -0.25) is 0 Å². The second kappa shape index (κ2) is 2.99. The highest BCUT2D eigenvalue weighted by Gasteiger charge is 1.88. The Kier molecular flexibility index (Phi) is 2.25. The van der Waals surface area contributed by atoms with Crippen LogP contribution in [-0.4, -0.2) is 0 Å². The molecular weight excluding hydrogens is 178 g/mol. The molecule has 47 valence electrons. The summed E-state index contributed by atoms with van der Waals surface area (Å²) in [5.41, 5.74) is 6.40. The van der Waals surface area contributed by atoms with Gasteiger partial charge in [0.15, 0.2) is 0 Å². The quantitative estimate of drug-likeness (QED) is 0.707. The number of hydrogen-bond donors (Lipinski definition) is 1. The van der Waals surface area contributed by atoms with Crippen LogP contribution in [-0.2, 0) is 6.54 Å². The van der Waals surface area contributed by atoms with Crippen molar-refractivity contribution in [3.8, 4) is 0 Å². The predicted octanol–water partition coefficient (Wildman–Crippen LogP) is 1.71. The molecule has 1 aromatic carbocycles. The van der Waals surface area contributed by atoms with E-state index in [-0.39, 0.29) is 0 Å². The second-order valence-electron chi connectivity index (χ2n) is 1.73. The lowest BCUT2D eigenvalue weighted by Gasteiger charge is -1.93. The first kappa shape index (κ1) is 6.78. The number of halogens is 1. The number of nitrogens with two attached hydrogens (primary N) is 1. The maximum atomic E-state index is 5.37. The molecule has 0 saturated carbocycles. The molecular formula is C7H7BrN. The first-order chi connectivity index (χ1) is 4.33. The molecule has 0 heterocycles. The molecule has 2 N–H and O–H groups in total. The molecule has 2 heteroatoms. The first-order valence-electron chi connectivity index (χ1n) is 2.69. The van der Waals surface area contributed by atoms with Gasteiger partial charge in [0.05, 0.1) is 0 Å². The Morgan fingerprint density at radius 3 is 2.78 bits per heavy atom. The molecule has 0 saturated heterocycles. The van der Waals surface area contributed by atoms with Gasteiger partial charge in [-0.05, 0) is 11.6 Å². The highest BCUT2D eigenvalue weighted by molar-refractivity contribution is 9.10. The van der Waals surface area contributed by atoms with Gasteiger partial charge in [-0.15, -0.1) is 0 Å². The summed E-state index contributed by atoms with van der Waals surface area (Å²) in [7, 11) is 0. The van der Waals surface area contributed by atoms with Crippen molar-refractivity contribution in [2.75, 3.05) is 0 Å². The number of benzene rings is 1. The van der Waals surface area contributed by atoms with E-state index in [0.717, 1.165) is 10.0 Å². The Balaban J connectivity index is 2.94. The van der Waals surface area contributed by atoms with Gasteiger partial charge >= 0.3 is 0 Å². The minimum atomic E-state index is 0.555. The fraction of sp³-hybridized carbons (Fsp3) is 0.143. The van der Waals surface area contributed by atoms with E-state index < -0.39 is 0 Å². The van der Waals surface area contributed by atoms with Crippen LogP contribution in [0.2, 0.25) is 0 Å². The van der Waals surface area contributed by atoms with Crippen molar-refractivity contribution in [1.29, 1.82) is 0 Å². The molecule has 0 atom stereocenters. The maximum absolute atomic E-state index is 5.37. The van der Waals surface area contributed by atoms with E-state index in [4.69, 9.17) is 5.73 Å². The summed E-state index contributed by atoms with van der Waals surface area (Å²) in [5.74, 6) is 0. The topological polar surface area (TPSA) is 26.0 Å². The van der Waals surface area contributed by atoms with Gasteiger partial charge in [0.1, 0.15) is 0 Å². The molecule has 1 rings (SSSR count). The number of hydrogen-bond acceptors (Lipinski definition) is 1. The molecule has 0 aliphatic heterocycles. The smallest absolute Gasteiger partial charge is 0.0257 e. The van der Waals surface area contributed by atoms with Gasteiger partial charge in [-0.1, -0.05) is 28.1 Å². The van der Waals surface area contributed by atoms with Crippen LogP contribution in [0, 0.1) is 6.07 Å². The Morgan fingerprint density at radius 1 is 1.56 bits per heavy atom. The zero-order chi connectivity index (χ0) is 6.69. The van der Waals surface area contributed by atoms with Crippen molar-refractivity contribution in [2.45, 2.75) is 6.54 Å². The third-order valence-electron chi connectivity index (χ3n) is 1.04. The molecule has 0 aliphatic carbocycles. The molecule has 1 aromatic rings. The molecule has 0 bridgehead atoms. The molecule has 0 aliphatic rings. The highest BCUT2D eigenvalue weighted by Crippen LogP contribution is 2.09. The molecule has 0 amide bonds. The van der Waals surface area contributed by atoms with Crippen LogP contribution in [0.4, 0.5) is 0 Å². The molecule has 0 aromatic heterocycles. The van der Waals surface area contributed by atoms with E-state index >= 15 is 0 Å². The third kappa shape index (κ3) is 1.80. The number of rotatable bonds is 1. The monoisotopic (exact) mass is 184 g/mol. The summed E-state index contributed by atoms with van der Waals surface area (Å²) in [6.07, 6.45) is 0. The average molecular weight is 185 g/mol. The first-order valence-corrected chi connectivity index (χ1v) is 3.49. The van der Waals surface area contributed by atoms with E-state index in [0.29, 0.717) is 6.54 Å². The van der Waals surface area contributed by atoms with Crippen molar-refractivity contribution in [3.05, 3.63) is 34.3 Å². The zero-order valence-corrected chi connectivity index (χ0v) is 6.48. The van der Waals surface area contributed by atoms with Gasteiger partial charge in [0.2, 0.25) is 0 Å². The zero-order valence-electron chi connectivity index (χ0n) is 4.89. The second-order valence-corrected chi connectivity index (χ2v) is 2.58. The lowest BCUT2D eigenvalue weighted by Crippen LogP contribution is -1.95. The van der Waals surface area contributed by atoms with E-state index in [1.165, 1.54) is 0 Å². The Morgan fingerprint density at radius 2 is 2.33 bits per heavy atom. The normalized spacial score (nSPS) is 9.56. The van der Waals surface area contributed by atoms with Crippen molar-refractivity contribution >= 4 is 15.9 Å². The van der Waals surface area contributed by atoms with Crippen LogP contribution < -0.4 is 5.73 Å². The van der Waals surface area contributed by atoms with E-state index in [1.807, 2.05) is 18.2 Å². The maximum Gasteiger partial charge on any atom is 0.0257 e. The van der Waals surface area contributed by atoms with Crippen LogP contribution in [0.1, 0.15) is 5.56 Å². The molecule has 9 heavy (non-hydrogen) atoms. The van der Waals surface area contributed by atoms with Crippen molar-refractivity contribution in [2.24, 2.45) is 5.73 Å². The van der Waals surface area contributed by atoms with Crippen LogP contribution in [0.25, 0.3) is 0 Å². The molecule has 0 unspecified atom stereocenters. The molecule has 0 fully saturated rings. The lowest BCUT2D eigenvalue weighted by molar-refractivity contribution is 1.07. The Bertz CT molecular complexity index is 198. The van der Waals surface area contributed by atoms with Gasteiger partial charge in [0, 0.05) is 17.1 Å². The van der Waals surface area contributed by atoms with Crippen molar-refractivity contribution in [1.82, 2.24) is 0 Å². The lowest BCUT2D eigenvalue weighted by atomic mass is 10.2. The van der Waals surface area contributed by atoms with Gasteiger partial charge < -0.3 is 5.73 Å². The predicted molar refractivity (Wildman–Crippen MR) is 40.9 cm³/mol. The van der Waals surface area contributed by atoms with E-state index in [9.17, 15) is 0 Å². The standard InChI is InChI=1S/C7H7BrN/c8-7-3-1-2-6(4-7)5-9/h1-3H,5,9H2. The molecule has 0 spiro atoms. The van der Waals surface area contributed by atoms with Gasteiger partial charge in [-0.25, -0.2) is 0 Å². The van der Waals surface area contributed by atoms with Crippen LogP contribution in [0.3, 0.4) is 0 Å². The van der Waals surface area contributed by atoms with Crippen molar-refractivity contribution in [3.63, 3.8) is 0 Å².